The number of carbonyl (C=O) groups excluding carboxylic acids is 1. The Morgan fingerprint density at radius 2 is 2.00 bits per heavy atom. The number of nitrogens with one attached hydrogen (secondary N) is 2. The molecule has 1 heterocycles. The summed E-state index contributed by atoms with van der Waals surface area (Å²) in [7, 11) is -3.37. The average Bonchev–Trinajstić information content (AvgIpc) is 3.13. The average molecular weight is 468 g/mol. The third-order valence-corrected chi connectivity index (χ3v) is 8.76. The Morgan fingerprint density at radius 1 is 1.24 bits per heavy atom. The van der Waals surface area contributed by atoms with Gasteiger partial charge in [0, 0.05) is 18.7 Å². The summed E-state index contributed by atoms with van der Waals surface area (Å²) in [6.07, 6.45) is 2.20. The van der Waals surface area contributed by atoms with Crippen LogP contribution in [0.5, 0.6) is 0 Å². The van der Waals surface area contributed by atoms with Crippen LogP contribution < -0.4 is 10.6 Å². The molecule has 3 fully saturated rings. The van der Waals surface area contributed by atoms with Crippen LogP contribution in [-0.4, -0.2) is 38.7 Å². The van der Waals surface area contributed by atoms with Gasteiger partial charge in [0.1, 0.15) is 11.9 Å². The summed E-state index contributed by atoms with van der Waals surface area (Å²) in [6, 6.07) is 12.3. The molecule has 2 bridgehead atoms. The smallest absolute Gasteiger partial charge is 0.238 e. The number of piperidine rings is 1. The van der Waals surface area contributed by atoms with E-state index in [2.05, 4.69) is 23.6 Å². The van der Waals surface area contributed by atoms with Crippen molar-refractivity contribution in [3.05, 3.63) is 53.8 Å². The summed E-state index contributed by atoms with van der Waals surface area (Å²) in [5, 5.41) is 15.8. The zero-order valence-electron chi connectivity index (χ0n) is 18.5. The lowest BCUT2D eigenvalue weighted by molar-refractivity contribution is -0.124. The first-order chi connectivity index (χ1) is 15.7. The fourth-order valence-corrected chi connectivity index (χ4v) is 6.68. The third kappa shape index (κ3) is 3.94. The van der Waals surface area contributed by atoms with Crippen LogP contribution in [0.1, 0.15) is 18.9 Å². The van der Waals surface area contributed by atoms with Crippen molar-refractivity contribution in [2.45, 2.75) is 42.8 Å². The predicted molar refractivity (Wildman–Crippen MR) is 121 cm³/mol. The summed E-state index contributed by atoms with van der Waals surface area (Å²) in [4.78, 5) is 13.0. The number of sulfone groups is 1. The van der Waals surface area contributed by atoms with Gasteiger partial charge in [0.2, 0.25) is 5.91 Å². The number of rotatable bonds is 6. The van der Waals surface area contributed by atoms with Crippen LogP contribution in [0.25, 0.3) is 11.1 Å². The highest BCUT2D eigenvalue weighted by Crippen LogP contribution is 2.64. The number of amides is 1. The molecule has 2 aliphatic carbocycles. The van der Waals surface area contributed by atoms with E-state index < -0.39 is 21.7 Å². The minimum atomic E-state index is -3.37. The van der Waals surface area contributed by atoms with E-state index in [1.54, 1.807) is 24.3 Å². The standard InChI is InChI=1S/C25H26FN3O3S/c1-13-22-19-11-21(23(13)22)29-24(19)25(30)28-17(12-27)8-16-7-6-15(10-20(16)26)14-4-3-5-18(9-14)33(2,31)32/h3-7,9-10,13,17,19,21-24,29H,8,11H2,1-2H3,(H,28,30)/t13-,17-,19+,21-,22-,23+,24-/m0/s1. The molecule has 0 spiro atoms. The van der Waals surface area contributed by atoms with Crippen LogP contribution >= 0.6 is 0 Å². The Kier molecular flexibility index (Phi) is 5.30. The maximum Gasteiger partial charge on any atom is 0.238 e. The molecule has 0 aromatic heterocycles. The zero-order valence-corrected chi connectivity index (χ0v) is 19.3. The van der Waals surface area contributed by atoms with E-state index in [1.807, 2.05) is 0 Å². The molecule has 6 nitrogen and oxygen atoms in total. The second kappa shape index (κ2) is 7.93. The summed E-state index contributed by atoms with van der Waals surface area (Å²) in [5.74, 6) is 1.61. The number of fused-ring (bicyclic) bond motifs is 5. The molecule has 0 unspecified atom stereocenters. The number of hydrogen-bond donors (Lipinski definition) is 2. The molecule has 0 radical (unpaired) electrons. The lowest BCUT2D eigenvalue weighted by Gasteiger charge is -2.23. The molecule has 1 saturated heterocycles. The van der Waals surface area contributed by atoms with Crippen LogP contribution in [0.3, 0.4) is 0 Å². The second-order valence-corrected chi connectivity index (χ2v) is 11.7. The van der Waals surface area contributed by atoms with Crippen molar-refractivity contribution >= 4 is 15.7 Å². The maximum atomic E-state index is 14.9. The van der Waals surface area contributed by atoms with Crippen molar-refractivity contribution in [1.82, 2.24) is 10.6 Å². The van der Waals surface area contributed by atoms with Gasteiger partial charge in [0.15, 0.2) is 9.84 Å². The Morgan fingerprint density at radius 3 is 2.67 bits per heavy atom. The number of carbonyl (C=O) groups is 1. The monoisotopic (exact) mass is 467 g/mol. The van der Waals surface area contributed by atoms with Gasteiger partial charge < -0.3 is 10.6 Å². The first-order valence-electron chi connectivity index (χ1n) is 11.2. The second-order valence-electron chi connectivity index (χ2n) is 9.66. The lowest BCUT2D eigenvalue weighted by Crippen LogP contribution is -2.51. The van der Waals surface area contributed by atoms with E-state index in [9.17, 15) is 22.9 Å². The van der Waals surface area contributed by atoms with E-state index >= 15 is 0 Å². The molecule has 3 aliphatic rings. The fourth-order valence-electron chi connectivity index (χ4n) is 6.01. The van der Waals surface area contributed by atoms with Crippen LogP contribution in [0, 0.1) is 40.8 Å². The molecule has 2 saturated carbocycles. The quantitative estimate of drug-likeness (QED) is 0.681. The normalized spacial score (nSPS) is 30.4. The largest absolute Gasteiger partial charge is 0.339 e. The zero-order chi connectivity index (χ0) is 23.5. The Balaban J connectivity index is 1.27. The summed E-state index contributed by atoms with van der Waals surface area (Å²) in [6.45, 7) is 2.23. The molecule has 8 heteroatoms. The van der Waals surface area contributed by atoms with Crippen molar-refractivity contribution in [3.63, 3.8) is 0 Å². The summed E-state index contributed by atoms with van der Waals surface area (Å²) < 4.78 is 38.5. The van der Waals surface area contributed by atoms with Crippen molar-refractivity contribution in [3.8, 4) is 17.2 Å². The summed E-state index contributed by atoms with van der Waals surface area (Å²) in [5.41, 5.74) is 1.45. The van der Waals surface area contributed by atoms with E-state index in [1.165, 1.54) is 18.2 Å². The number of hydrogen-bond acceptors (Lipinski definition) is 5. The number of nitrogens with zero attached hydrogens (tertiary/aromatic N) is 1. The molecule has 5 rings (SSSR count). The van der Waals surface area contributed by atoms with Gasteiger partial charge in [-0.2, -0.15) is 5.26 Å². The van der Waals surface area contributed by atoms with Gasteiger partial charge >= 0.3 is 0 Å². The van der Waals surface area contributed by atoms with Gasteiger partial charge in [-0.05, 0) is 65.0 Å². The SMILES string of the molecule is C[C@H]1[C@H]2[C@H]3C[C@H](N[C@@H]3C(=O)N[C@H](C#N)Cc3ccc(-c4cccc(S(C)(=O)=O)c4)cc3F)[C@@H]12. The van der Waals surface area contributed by atoms with Crippen LogP contribution in [-0.2, 0) is 21.1 Å². The Hall–Kier alpha value is -2.76. The van der Waals surface area contributed by atoms with Gasteiger partial charge in [-0.1, -0.05) is 31.2 Å². The minimum absolute atomic E-state index is 0.0566. The molecule has 2 aromatic carbocycles. The Bertz CT molecular complexity index is 1270. The molecule has 172 valence electrons. The van der Waals surface area contributed by atoms with Crippen molar-refractivity contribution in [1.29, 1.82) is 5.26 Å². The van der Waals surface area contributed by atoms with E-state index in [4.69, 9.17) is 0 Å². The molecule has 1 aliphatic heterocycles. The van der Waals surface area contributed by atoms with E-state index in [0.717, 1.165) is 12.7 Å². The molecular weight excluding hydrogens is 441 g/mol. The predicted octanol–water partition coefficient (Wildman–Crippen LogP) is 2.69. The number of halogens is 1. The number of nitriles is 1. The van der Waals surface area contributed by atoms with Crippen molar-refractivity contribution in [2.75, 3.05) is 6.26 Å². The molecule has 7 atom stereocenters. The topological polar surface area (TPSA) is 99.1 Å². The molecule has 2 N–H and O–H groups in total. The fraction of sp³-hybridized carbons (Fsp3) is 0.440. The van der Waals surface area contributed by atoms with Crippen molar-refractivity contribution < 1.29 is 17.6 Å². The molecular formula is C25H26FN3O3S. The van der Waals surface area contributed by atoms with E-state index in [-0.39, 0.29) is 23.3 Å². The van der Waals surface area contributed by atoms with Gasteiger partial charge in [0.05, 0.1) is 17.0 Å². The van der Waals surface area contributed by atoms with Crippen molar-refractivity contribution in [2.24, 2.45) is 23.7 Å². The first kappa shape index (κ1) is 22.1. The Labute approximate surface area is 193 Å². The van der Waals surface area contributed by atoms with Crippen LogP contribution in [0.15, 0.2) is 47.4 Å². The van der Waals surface area contributed by atoms with Crippen LogP contribution in [0.2, 0.25) is 0 Å². The van der Waals surface area contributed by atoms with Gasteiger partial charge in [-0.3, -0.25) is 4.79 Å². The molecule has 2 aromatic rings. The highest BCUT2D eigenvalue weighted by Gasteiger charge is 2.67. The maximum absolute atomic E-state index is 14.9. The highest BCUT2D eigenvalue weighted by molar-refractivity contribution is 7.90. The minimum Gasteiger partial charge on any atom is -0.339 e. The first-order valence-corrected chi connectivity index (χ1v) is 13.1. The van der Waals surface area contributed by atoms with Gasteiger partial charge in [-0.15, -0.1) is 0 Å². The van der Waals surface area contributed by atoms with Gasteiger partial charge in [-0.25, -0.2) is 12.8 Å². The molecule has 1 amide bonds. The summed E-state index contributed by atoms with van der Waals surface area (Å²) >= 11 is 0. The lowest BCUT2D eigenvalue weighted by atomic mass is 9.94. The third-order valence-electron chi connectivity index (χ3n) is 7.65. The van der Waals surface area contributed by atoms with Gasteiger partial charge in [0.25, 0.3) is 0 Å². The van der Waals surface area contributed by atoms with Crippen LogP contribution in [0.4, 0.5) is 4.39 Å². The van der Waals surface area contributed by atoms with E-state index in [0.29, 0.717) is 46.4 Å². The molecule has 33 heavy (non-hydrogen) atoms. The number of benzene rings is 2. The highest BCUT2D eigenvalue weighted by atomic mass is 32.2.